The third-order valence-electron chi connectivity index (χ3n) is 2.31. The van der Waals surface area contributed by atoms with Crippen molar-refractivity contribution in [3.8, 4) is 0 Å². The molecule has 1 rings (SSSR count). The molecule has 0 aliphatic carbocycles. The first-order valence-electron chi connectivity index (χ1n) is 5.56. The largest absolute Gasteiger partial charge is 0.460 e. The van der Waals surface area contributed by atoms with Gasteiger partial charge in [0.1, 0.15) is 0 Å². The minimum absolute atomic E-state index is 0.215. The van der Waals surface area contributed by atoms with Gasteiger partial charge in [-0.3, -0.25) is 4.79 Å². The highest BCUT2D eigenvalue weighted by Crippen LogP contribution is 2.19. The first-order chi connectivity index (χ1) is 8.58. The number of hydrogen-bond donors (Lipinski definition) is 0. The summed E-state index contributed by atoms with van der Waals surface area (Å²) in [5.41, 5.74) is 1.02. The van der Waals surface area contributed by atoms with E-state index in [2.05, 4.69) is 20.7 Å². The lowest BCUT2D eigenvalue weighted by atomic mass is 10.1. The molecule has 3 nitrogen and oxygen atoms in total. The second-order valence-corrected chi connectivity index (χ2v) is 5.59. The molecule has 0 N–H and O–H groups in total. The Bertz CT molecular complexity index is 434. The minimum Gasteiger partial charge on any atom is -0.460 e. The van der Waals surface area contributed by atoms with Crippen LogP contribution >= 0.6 is 27.7 Å². The minimum atomic E-state index is -0.777. The summed E-state index contributed by atoms with van der Waals surface area (Å²) in [6.07, 6.45) is 2.47. The number of rotatable bonds is 6. The van der Waals surface area contributed by atoms with Crippen molar-refractivity contribution in [2.24, 2.45) is 0 Å². The number of thioether (sulfide) groups is 1. The van der Waals surface area contributed by atoms with Crippen molar-refractivity contribution in [3.05, 3.63) is 29.8 Å². The van der Waals surface area contributed by atoms with Gasteiger partial charge < -0.3 is 4.74 Å². The number of ketones is 1. The fraction of sp³-hybridized carbons (Fsp3) is 0.385. The predicted molar refractivity (Wildman–Crippen MR) is 76.3 cm³/mol. The Kier molecular flexibility index (Phi) is 6.43. The van der Waals surface area contributed by atoms with Crippen LogP contribution < -0.4 is 0 Å². The van der Waals surface area contributed by atoms with Crippen LogP contribution in [0.4, 0.5) is 0 Å². The first-order valence-corrected chi connectivity index (χ1v) is 7.70. The number of Topliss-reactive ketones (excluding diaryl/α,β-unsaturated/α-hetero) is 1. The average molecular weight is 331 g/mol. The molecule has 1 unspecified atom stereocenters. The van der Waals surface area contributed by atoms with Crippen molar-refractivity contribution in [1.29, 1.82) is 0 Å². The monoisotopic (exact) mass is 330 g/mol. The highest BCUT2D eigenvalue weighted by atomic mass is 79.9. The molecule has 0 heterocycles. The number of carbonyl (C=O) groups is 2. The van der Waals surface area contributed by atoms with E-state index in [1.165, 1.54) is 0 Å². The van der Waals surface area contributed by atoms with Crippen LogP contribution in [0.15, 0.2) is 29.2 Å². The summed E-state index contributed by atoms with van der Waals surface area (Å²) in [4.78, 5) is 23.6. The molecule has 0 amide bonds. The lowest BCUT2D eigenvalue weighted by molar-refractivity contribution is -0.153. The van der Waals surface area contributed by atoms with Gasteiger partial charge in [0.2, 0.25) is 0 Å². The third kappa shape index (κ3) is 4.46. The van der Waals surface area contributed by atoms with Crippen molar-refractivity contribution < 1.29 is 14.3 Å². The van der Waals surface area contributed by atoms with E-state index in [0.717, 1.165) is 10.5 Å². The predicted octanol–water partition coefficient (Wildman–Crippen LogP) is 2.85. The molecule has 1 atom stereocenters. The van der Waals surface area contributed by atoms with Gasteiger partial charge in [-0.2, -0.15) is 0 Å². The Balaban J connectivity index is 2.66. The molecular formula is C13H15BrO3S. The number of carbonyl (C=O) groups excluding carboxylic acids is 2. The van der Waals surface area contributed by atoms with E-state index in [4.69, 9.17) is 0 Å². The molecule has 0 aromatic heterocycles. The molecule has 0 saturated carbocycles. The zero-order valence-corrected chi connectivity index (χ0v) is 12.7. The average Bonchev–Trinajstić information content (AvgIpc) is 2.38. The molecule has 0 bridgehead atoms. The standard InChI is InChI=1S/C13H15BrO3S/c1-3-17-13(16)12(15)11(14)8-9-5-4-6-10(7-9)18-2/h4-7,11H,3,8H2,1-2H3. The van der Waals surface area contributed by atoms with E-state index in [9.17, 15) is 9.59 Å². The molecule has 0 spiro atoms. The van der Waals surface area contributed by atoms with Crippen molar-refractivity contribution in [1.82, 2.24) is 0 Å². The zero-order valence-electron chi connectivity index (χ0n) is 10.3. The molecule has 1 aromatic carbocycles. The van der Waals surface area contributed by atoms with Crippen molar-refractivity contribution >= 4 is 39.4 Å². The van der Waals surface area contributed by atoms with Gasteiger partial charge in [-0.15, -0.1) is 11.8 Å². The molecule has 1 aromatic rings. The van der Waals surface area contributed by atoms with Crippen molar-refractivity contribution in [2.45, 2.75) is 23.1 Å². The van der Waals surface area contributed by atoms with Gasteiger partial charge in [0.15, 0.2) is 0 Å². The zero-order chi connectivity index (χ0) is 13.5. The Morgan fingerprint density at radius 1 is 1.44 bits per heavy atom. The maximum atomic E-state index is 11.7. The van der Waals surface area contributed by atoms with Gasteiger partial charge in [-0.1, -0.05) is 28.1 Å². The van der Waals surface area contributed by atoms with Gasteiger partial charge in [-0.05, 0) is 37.3 Å². The fourth-order valence-electron chi connectivity index (χ4n) is 1.43. The van der Waals surface area contributed by atoms with Crippen LogP contribution in [0.2, 0.25) is 0 Å². The summed E-state index contributed by atoms with van der Waals surface area (Å²) < 4.78 is 4.68. The van der Waals surface area contributed by atoms with Gasteiger partial charge in [0, 0.05) is 4.90 Å². The van der Waals surface area contributed by atoms with Crippen LogP contribution in [0, 0.1) is 0 Å². The summed E-state index contributed by atoms with van der Waals surface area (Å²) in [6.45, 7) is 1.89. The molecule has 0 aliphatic rings. The Morgan fingerprint density at radius 2 is 2.17 bits per heavy atom. The van der Waals surface area contributed by atoms with Gasteiger partial charge in [-0.25, -0.2) is 4.79 Å². The quantitative estimate of drug-likeness (QED) is 0.348. The van der Waals surface area contributed by atoms with E-state index in [1.807, 2.05) is 30.5 Å². The maximum Gasteiger partial charge on any atom is 0.375 e. The van der Waals surface area contributed by atoms with Crippen LogP contribution in [-0.2, 0) is 20.7 Å². The van der Waals surface area contributed by atoms with E-state index in [1.54, 1.807) is 18.7 Å². The normalized spacial score (nSPS) is 11.9. The van der Waals surface area contributed by atoms with Crippen molar-refractivity contribution in [2.75, 3.05) is 12.9 Å². The molecular weight excluding hydrogens is 316 g/mol. The highest BCUT2D eigenvalue weighted by molar-refractivity contribution is 9.10. The maximum absolute atomic E-state index is 11.7. The molecule has 18 heavy (non-hydrogen) atoms. The van der Waals surface area contributed by atoms with E-state index < -0.39 is 16.6 Å². The number of benzene rings is 1. The highest BCUT2D eigenvalue weighted by Gasteiger charge is 2.24. The van der Waals surface area contributed by atoms with Crippen LogP contribution in [0.1, 0.15) is 12.5 Å². The topological polar surface area (TPSA) is 43.4 Å². The van der Waals surface area contributed by atoms with Crippen molar-refractivity contribution in [3.63, 3.8) is 0 Å². The second kappa shape index (κ2) is 7.59. The van der Waals surface area contributed by atoms with Crippen LogP contribution in [0.3, 0.4) is 0 Å². The second-order valence-electron chi connectivity index (χ2n) is 3.61. The fourth-order valence-corrected chi connectivity index (χ4v) is 2.47. The molecule has 98 valence electrons. The molecule has 0 saturated heterocycles. The molecule has 0 aliphatic heterocycles. The lowest BCUT2D eigenvalue weighted by Crippen LogP contribution is -2.27. The smallest absolute Gasteiger partial charge is 0.375 e. The number of ether oxygens (including phenoxy) is 1. The number of halogens is 1. The molecule has 0 radical (unpaired) electrons. The van der Waals surface area contributed by atoms with Crippen LogP contribution in [0.25, 0.3) is 0 Å². The number of hydrogen-bond acceptors (Lipinski definition) is 4. The van der Waals surface area contributed by atoms with Crippen LogP contribution in [0.5, 0.6) is 0 Å². The summed E-state index contributed by atoms with van der Waals surface area (Å²) in [6, 6.07) is 7.89. The van der Waals surface area contributed by atoms with E-state index in [-0.39, 0.29) is 6.61 Å². The first kappa shape index (κ1) is 15.2. The SMILES string of the molecule is CCOC(=O)C(=O)C(Br)Cc1cccc(SC)c1. The third-order valence-corrected chi connectivity index (χ3v) is 3.78. The summed E-state index contributed by atoms with van der Waals surface area (Å²) in [5.74, 6) is -1.31. The van der Waals surface area contributed by atoms with E-state index in [0.29, 0.717) is 6.42 Å². The Labute approximate surface area is 119 Å². The van der Waals surface area contributed by atoms with Gasteiger partial charge in [0.25, 0.3) is 5.78 Å². The van der Waals surface area contributed by atoms with Crippen LogP contribution in [-0.4, -0.2) is 29.4 Å². The van der Waals surface area contributed by atoms with Gasteiger partial charge >= 0.3 is 5.97 Å². The molecule has 0 fully saturated rings. The summed E-state index contributed by atoms with van der Waals surface area (Å²) >= 11 is 4.88. The molecule has 5 heteroatoms. The van der Waals surface area contributed by atoms with E-state index >= 15 is 0 Å². The number of alkyl halides is 1. The Morgan fingerprint density at radius 3 is 2.78 bits per heavy atom. The summed E-state index contributed by atoms with van der Waals surface area (Å²) in [5, 5.41) is 0. The lowest BCUT2D eigenvalue weighted by Gasteiger charge is -2.09. The van der Waals surface area contributed by atoms with Gasteiger partial charge in [0.05, 0.1) is 11.4 Å². The Hall–Kier alpha value is -0.810. The number of esters is 1. The summed E-state index contributed by atoms with van der Waals surface area (Å²) in [7, 11) is 0.